The summed E-state index contributed by atoms with van der Waals surface area (Å²) in [5.41, 5.74) is -0.253. The molecule has 0 saturated carbocycles. The summed E-state index contributed by atoms with van der Waals surface area (Å²) in [7, 11) is -3.09. The maximum absolute atomic E-state index is 13.1. The van der Waals surface area contributed by atoms with Crippen molar-refractivity contribution < 1.29 is 17.9 Å². The van der Waals surface area contributed by atoms with Crippen molar-refractivity contribution in [3.63, 3.8) is 0 Å². The lowest BCUT2D eigenvalue weighted by molar-refractivity contribution is 0.0123. The van der Waals surface area contributed by atoms with Gasteiger partial charge in [-0.3, -0.25) is 4.98 Å². The van der Waals surface area contributed by atoms with E-state index < -0.39 is 31.8 Å². The van der Waals surface area contributed by atoms with E-state index in [0.717, 1.165) is 6.20 Å². The standard InChI is InChI=1S/C13H16FNO3S/c1-8-4-9(14)7-15-12(8)13(16)5-10-2-3-11(6-13)19(10,17)18/h4,7,10-11,16H,2-3,5-6H2,1H3. The lowest BCUT2D eigenvalue weighted by Gasteiger charge is -2.36. The molecule has 2 aliphatic rings. The van der Waals surface area contributed by atoms with Gasteiger partial charge in [0.1, 0.15) is 11.4 Å². The molecule has 1 aromatic heterocycles. The molecule has 3 rings (SSSR count). The fourth-order valence-electron chi connectivity index (χ4n) is 3.47. The normalized spacial score (nSPS) is 36.4. The number of aryl methyl sites for hydroxylation is 1. The Labute approximate surface area is 111 Å². The summed E-state index contributed by atoms with van der Waals surface area (Å²) in [6.07, 6.45) is 2.63. The van der Waals surface area contributed by atoms with Crippen LogP contribution in [0.4, 0.5) is 4.39 Å². The second-order valence-electron chi connectivity index (χ2n) is 5.67. The predicted molar refractivity (Wildman–Crippen MR) is 67.8 cm³/mol. The van der Waals surface area contributed by atoms with E-state index in [1.54, 1.807) is 6.92 Å². The van der Waals surface area contributed by atoms with Crippen molar-refractivity contribution >= 4 is 9.84 Å². The van der Waals surface area contributed by atoms with Crippen LogP contribution in [0.5, 0.6) is 0 Å². The van der Waals surface area contributed by atoms with Crippen LogP contribution in [0.15, 0.2) is 12.3 Å². The summed E-state index contributed by atoms with van der Waals surface area (Å²) in [6.45, 7) is 1.69. The quantitative estimate of drug-likeness (QED) is 0.848. The molecule has 19 heavy (non-hydrogen) atoms. The molecule has 0 aromatic carbocycles. The Bertz CT molecular complexity index is 609. The highest BCUT2D eigenvalue weighted by Gasteiger charge is 2.54. The van der Waals surface area contributed by atoms with Crippen LogP contribution in [0.1, 0.15) is 36.9 Å². The van der Waals surface area contributed by atoms with Crippen molar-refractivity contribution in [2.75, 3.05) is 0 Å². The smallest absolute Gasteiger partial charge is 0.156 e. The molecular formula is C13H16FNO3S. The first-order valence-electron chi connectivity index (χ1n) is 6.41. The summed E-state index contributed by atoms with van der Waals surface area (Å²) < 4.78 is 37.2. The van der Waals surface area contributed by atoms with E-state index in [1.165, 1.54) is 6.07 Å². The second-order valence-corrected chi connectivity index (χ2v) is 8.18. The molecule has 2 aliphatic heterocycles. The molecule has 2 fully saturated rings. The Kier molecular flexibility index (Phi) is 2.73. The molecule has 4 nitrogen and oxygen atoms in total. The topological polar surface area (TPSA) is 67.3 Å². The van der Waals surface area contributed by atoms with Crippen molar-refractivity contribution in [2.45, 2.75) is 48.7 Å². The van der Waals surface area contributed by atoms with Crippen LogP contribution in [0.3, 0.4) is 0 Å². The van der Waals surface area contributed by atoms with E-state index in [-0.39, 0.29) is 12.8 Å². The number of sulfone groups is 1. The molecule has 2 saturated heterocycles. The Balaban J connectivity index is 2.02. The lowest BCUT2D eigenvalue weighted by Crippen LogP contribution is -2.43. The van der Waals surface area contributed by atoms with Gasteiger partial charge in [0, 0.05) is 0 Å². The zero-order chi connectivity index (χ0) is 13.8. The Hall–Kier alpha value is -1.01. The summed E-state index contributed by atoms with van der Waals surface area (Å²) in [4.78, 5) is 4.00. The van der Waals surface area contributed by atoms with E-state index in [4.69, 9.17) is 0 Å². The molecule has 1 N–H and O–H groups in total. The van der Waals surface area contributed by atoms with Gasteiger partial charge >= 0.3 is 0 Å². The monoisotopic (exact) mass is 285 g/mol. The van der Waals surface area contributed by atoms with Gasteiger partial charge in [-0.2, -0.15) is 0 Å². The SMILES string of the molecule is Cc1cc(F)cnc1C1(O)CC2CCC(C1)S2(=O)=O. The second kappa shape index (κ2) is 3.99. The van der Waals surface area contributed by atoms with Crippen molar-refractivity contribution in [1.82, 2.24) is 4.98 Å². The van der Waals surface area contributed by atoms with Gasteiger partial charge in [-0.05, 0) is 44.2 Å². The maximum atomic E-state index is 13.1. The first-order valence-corrected chi connectivity index (χ1v) is 8.01. The van der Waals surface area contributed by atoms with Crippen LogP contribution in [0, 0.1) is 12.7 Å². The van der Waals surface area contributed by atoms with Crippen LogP contribution in [-0.4, -0.2) is 29.0 Å². The summed E-state index contributed by atoms with van der Waals surface area (Å²) >= 11 is 0. The van der Waals surface area contributed by atoms with Gasteiger partial charge in [-0.15, -0.1) is 0 Å². The van der Waals surface area contributed by atoms with Crippen LogP contribution in [0.25, 0.3) is 0 Å². The fraction of sp³-hybridized carbons (Fsp3) is 0.615. The van der Waals surface area contributed by atoms with Crippen LogP contribution >= 0.6 is 0 Å². The highest BCUT2D eigenvalue weighted by Crippen LogP contribution is 2.47. The van der Waals surface area contributed by atoms with Gasteiger partial charge in [-0.1, -0.05) is 0 Å². The minimum absolute atomic E-state index is 0.172. The number of halogens is 1. The Morgan fingerprint density at radius 2 is 1.95 bits per heavy atom. The summed E-state index contributed by atoms with van der Waals surface area (Å²) in [5.74, 6) is -0.448. The van der Waals surface area contributed by atoms with Gasteiger partial charge in [-0.25, -0.2) is 12.8 Å². The zero-order valence-corrected chi connectivity index (χ0v) is 11.5. The molecule has 0 aliphatic carbocycles. The minimum Gasteiger partial charge on any atom is -0.383 e. The van der Waals surface area contributed by atoms with Gasteiger partial charge in [0.2, 0.25) is 0 Å². The third-order valence-corrected chi connectivity index (χ3v) is 7.02. The minimum atomic E-state index is -3.09. The largest absolute Gasteiger partial charge is 0.383 e. The summed E-state index contributed by atoms with van der Waals surface area (Å²) in [6, 6.07) is 1.32. The molecule has 0 spiro atoms. The van der Waals surface area contributed by atoms with E-state index in [2.05, 4.69) is 4.98 Å². The number of pyridine rings is 1. The molecular weight excluding hydrogens is 269 g/mol. The van der Waals surface area contributed by atoms with Crippen molar-refractivity contribution in [3.05, 3.63) is 29.3 Å². The van der Waals surface area contributed by atoms with E-state index in [9.17, 15) is 17.9 Å². The molecule has 0 amide bonds. The number of fused-ring (bicyclic) bond motifs is 2. The van der Waals surface area contributed by atoms with Gasteiger partial charge < -0.3 is 5.11 Å². The molecule has 2 atom stereocenters. The average molecular weight is 285 g/mol. The molecule has 1 aromatic rings. The van der Waals surface area contributed by atoms with Crippen molar-refractivity contribution in [3.8, 4) is 0 Å². The molecule has 6 heteroatoms. The Morgan fingerprint density at radius 3 is 2.47 bits per heavy atom. The first kappa shape index (κ1) is 13.0. The third-order valence-electron chi connectivity index (χ3n) is 4.36. The number of rotatable bonds is 1. The van der Waals surface area contributed by atoms with Gasteiger partial charge in [0.25, 0.3) is 0 Å². The highest BCUT2D eigenvalue weighted by atomic mass is 32.2. The average Bonchev–Trinajstić information content (AvgIpc) is 2.50. The van der Waals surface area contributed by atoms with E-state index >= 15 is 0 Å². The summed E-state index contributed by atoms with van der Waals surface area (Å²) in [5, 5.41) is 9.81. The van der Waals surface area contributed by atoms with Crippen LogP contribution in [0.2, 0.25) is 0 Å². The third kappa shape index (κ3) is 1.89. The van der Waals surface area contributed by atoms with Gasteiger partial charge in [0.05, 0.1) is 22.4 Å². The van der Waals surface area contributed by atoms with Crippen LogP contribution in [-0.2, 0) is 15.4 Å². The van der Waals surface area contributed by atoms with Crippen LogP contribution < -0.4 is 0 Å². The van der Waals surface area contributed by atoms with E-state index in [1.807, 2.05) is 0 Å². The van der Waals surface area contributed by atoms with Gasteiger partial charge in [0.15, 0.2) is 9.84 Å². The predicted octanol–water partition coefficient (Wildman–Crippen LogP) is 1.46. The fourth-order valence-corrected chi connectivity index (χ4v) is 5.96. The molecule has 2 bridgehead atoms. The number of aliphatic hydroxyl groups is 1. The number of hydrogen-bond acceptors (Lipinski definition) is 4. The van der Waals surface area contributed by atoms with Crippen molar-refractivity contribution in [1.29, 1.82) is 0 Å². The molecule has 2 unspecified atom stereocenters. The lowest BCUT2D eigenvalue weighted by atomic mass is 9.87. The number of nitrogens with zero attached hydrogens (tertiary/aromatic N) is 1. The first-order chi connectivity index (χ1) is 8.83. The maximum Gasteiger partial charge on any atom is 0.156 e. The zero-order valence-electron chi connectivity index (χ0n) is 10.6. The molecule has 0 radical (unpaired) electrons. The molecule has 3 heterocycles. The number of hydrogen-bond donors (Lipinski definition) is 1. The Morgan fingerprint density at radius 1 is 1.37 bits per heavy atom. The number of aromatic nitrogens is 1. The molecule has 104 valence electrons. The van der Waals surface area contributed by atoms with E-state index in [0.29, 0.717) is 24.1 Å². The highest BCUT2D eigenvalue weighted by molar-refractivity contribution is 7.93. The van der Waals surface area contributed by atoms with Crippen molar-refractivity contribution in [2.24, 2.45) is 0 Å².